The summed E-state index contributed by atoms with van der Waals surface area (Å²) in [6.07, 6.45) is 6.90. The predicted molar refractivity (Wildman–Crippen MR) is 113 cm³/mol. The second-order valence-corrected chi connectivity index (χ2v) is 6.58. The van der Waals surface area contributed by atoms with Crippen molar-refractivity contribution in [2.45, 2.75) is 37.6 Å². The highest BCUT2D eigenvalue weighted by molar-refractivity contribution is 14.0. The predicted octanol–water partition coefficient (Wildman–Crippen LogP) is 3.22. The molecule has 0 amide bonds. The molecule has 1 aromatic heterocycles. The molecule has 0 unspecified atom stereocenters. The van der Waals surface area contributed by atoms with Gasteiger partial charge in [-0.25, -0.2) is 0 Å². The van der Waals surface area contributed by atoms with Gasteiger partial charge in [-0.1, -0.05) is 43.2 Å². The number of hydrogen-bond donors (Lipinski definition) is 2. The molecule has 1 aliphatic carbocycles. The van der Waals surface area contributed by atoms with Crippen LogP contribution >= 0.6 is 24.0 Å². The highest BCUT2D eigenvalue weighted by atomic mass is 127. The standard InChI is InChI=1S/C19H27N5.HI/c1-20-18(21-14-17-10-13-23-24(17)2)22-15-19(11-6-7-12-19)16-8-4-3-5-9-16;/h3-5,8-10,13H,6-7,11-12,14-15H2,1-2H3,(H2,20,21,22);1H. The number of rotatable bonds is 5. The minimum Gasteiger partial charge on any atom is -0.356 e. The summed E-state index contributed by atoms with van der Waals surface area (Å²) in [5.74, 6) is 0.846. The lowest BCUT2D eigenvalue weighted by Crippen LogP contribution is -2.44. The molecule has 25 heavy (non-hydrogen) atoms. The van der Waals surface area contributed by atoms with E-state index >= 15 is 0 Å². The lowest BCUT2D eigenvalue weighted by molar-refractivity contribution is 0.431. The largest absolute Gasteiger partial charge is 0.356 e. The van der Waals surface area contributed by atoms with Crippen LogP contribution in [-0.4, -0.2) is 29.3 Å². The summed E-state index contributed by atoms with van der Waals surface area (Å²) in [7, 11) is 3.78. The molecule has 0 spiro atoms. The third-order valence-corrected chi connectivity index (χ3v) is 5.12. The van der Waals surface area contributed by atoms with Crippen molar-refractivity contribution in [2.75, 3.05) is 13.6 Å². The quantitative estimate of drug-likeness (QED) is 0.416. The number of aryl methyl sites for hydroxylation is 1. The molecule has 0 aliphatic heterocycles. The fourth-order valence-corrected chi connectivity index (χ4v) is 3.63. The number of nitrogens with zero attached hydrogens (tertiary/aromatic N) is 3. The van der Waals surface area contributed by atoms with Crippen LogP contribution in [0.4, 0.5) is 0 Å². The van der Waals surface area contributed by atoms with Crippen molar-refractivity contribution in [2.24, 2.45) is 12.0 Å². The molecule has 0 bridgehead atoms. The SMILES string of the molecule is CN=C(NCc1ccnn1C)NCC1(c2ccccc2)CCCC1.I. The van der Waals surface area contributed by atoms with Gasteiger partial charge in [-0.3, -0.25) is 9.67 Å². The summed E-state index contributed by atoms with van der Waals surface area (Å²) >= 11 is 0. The smallest absolute Gasteiger partial charge is 0.191 e. The average molecular weight is 453 g/mol. The highest BCUT2D eigenvalue weighted by Crippen LogP contribution is 2.40. The molecule has 0 radical (unpaired) electrons. The molecular formula is C19H28IN5. The Bertz CT molecular complexity index is 674. The molecule has 1 aromatic carbocycles. The molecule has 0 atom stereocenters. The third-order valence-electron chi connectivity index (χ3n) is 5.12. The number of nitrogens with one attached hydrogen (secondary N) is 2. The zero-order valence-corrected chi connectivity index (χ0v) is 17.4. The monoisotopic (exact) mass is 453 g/mol. The first kappa shape index (κ1) is 19.8. The van der Waals surface area contributed by atoms with Crippen molar-refractivity contribution >= 4 is 29.9 Å². The summed E-state index contributed by atoms with van der Waals surface area (Å²) < 4.78 is 1.88. The van der Waals surface area contributed by atoms with Gasteiger partial charge < -0.3 is 10.6 Å². The van der Waals surface area contributed by atoms with E-state index in [1.807, 2.05) is 31.0 Å². The topological polar surface area (TPSA) is 54.2 Å². The summed E-state index contributed by atoms with van der Waals surface area (Å²) in [6, 6.07) is 12.9. The molecule has 1 aliphatic rings. The fourth-order valence-electron chi connectivity index (χ4n) is 3.63. The first-order valence-electron chi connectivity index (χ1n) is 8.70. The Kier molecular flexibility index (Phi) is 7.28. The molecule has 1 saturated carbocycles. The van der Waals surface area contributed by atoms with E-state index in [2.05, 4.69) is 51.1 Å². The van der Waals surface area contributed by atoms with Gasteiger partial charge in [-0.15, -0.1) is 24.0 Å². The van der Waals surface area contributed by atoms with Crippen molar-refractivity contribution < 1.29 is 0 Å². The van der Waals surface area contributed by atoms with Crippen LogP contribution < -0.4 is 10.6 Å². The Morgan fingerprint density at radius 3 is 2.48 bits per heavy atom. The van der Waals surface area contributed by atoms with Crippen LogP contribution in [0.5, 0.6) is 0 Å². The Hall–Kier alpha value is -1.57. The van der Waals surface area contributed by atoms with Crippen LogP contribution in [-0.2, 0) is 19.0 Å². The molecule has 6 heteroatoms. The van der Waals surface area contributed by atoms with Gasteiger partial charge in [0.1, 0.15) is 0 Å². The normalized spacial score (nSPS) is 16.3. The summed E-state index contributed by atoms with van der Waals surface area (Å²) in [5.41, 5.74) is 2.81. The van der Waals surface area contributed by atoms with Crippen LogP contribution in [0.15, 0.2) is 47.6 Å². The van der Waals surface area contributed by atoms with Gasteiger partial charge in [0.05, 0.1) is 12.2 Å². The Morgan fingerprint density at radius 1 is 1.16 bits per heavy atom. The molecule has 1 fully saturated rings. The number of aliphatic imine (C=N–C) groups is 1. The number of guanidine groups is 1. The van der Waals surface area contributed by atoms with E-state index in [0.29, 0.717) is 6.54 Å². The first-order valence-corrected chi connectivity index (χ1v) is 8.70. The van der Waals surface area contributed by atoms with Gasteiger partial charge in [0.15, 0.2) is 5.96 Å². The summed E-state index contributed by atoms with van der Waals surface area (Å²) in [5, 5.41) is 11.1. The average Bonchev–Trinajstić information content (AvgIpc) is 3.26. The highest BCUT2D eigenvalue weighted by Gasteiger charge is 2.35. The Labute approximate surface area is 167 Å². The van der Waals surface area contributed by atoms with Crippen molar-refractivity contribution in [3.8, 4) is 0 Å². The van der Waals surface area contributed by atoms with Gasteiger partial charge in [0, 0.05) is 32.3 Å². The molecule has 2 aromatic rings. The van der Waals surface area contributed by atoms with E-state index in [1.165, 1.54) is 31.2 Å². The molecule has 0 saturated heterocycles. The van der Waals surface area contributed by atoms with E-state index in [1.54, 1.807) is 0 Å². The molecule has 3 rings (SSSR count). The number of benzene rings is 1. The van der Waals surface area contributed by atoms with Crippen LogP contribution in [0.2, 0.25) is 0 Å². The maximum Gasteiger partial charge on any atom is 0.191 e. The second-order valence-electron chi connectivity index (χ2n) is 6.58. The van der Waals surface area contributed by atoms with E-state index in [-0.39, 0.29) is 29.4 Å². The summed E-state index contributed by atoms with van der Waals surface area (Å²) in [4.78, 5) is 4.37. The third kappa shape index (κ3) is 4.74. The van der Waals surface area contributed by atoms with Crippen LogP contribution in [0.25, 0.3) is 0 Å². The van der Waals surface area contributed by atoms with Gasteiger partial charge >= 0.3 is 0 Å². The zero-order chi connectivity index (χ0) is 16.8. The molecular weight excluding hydrogens is 425 g/mol. The number of halogens is 1. The maximum atomic E-state index is 4.37. The zero-order valence-electron chi connectivity index (χ0n) is 15.0. The second kappa shape index (κ2) is 9.22. The maximum absolute atomic E-state index is 4.37. The van der Waals surface area contributed by atoms with Gasteiger partial charge in [-0.05, 0) is 24.5 Å². The van der Waals surface area contributed by atoms with Gasteiger partial charge in [0.25, 0.3) is 0 Å². The summed E-state index contributed by atoms with van der Waals surface area (Å²) in [6.45, 7) is 1.64. The van der Waals surface area contributed by atoms with Gasteiger partial charge in [-0.2, -0.15) is 5.10 Å². The Morgan fingerprint density at radius 2 is 1.88 bits per heavy atom. The van der Waals surface area contributed by atoms with Crippen molar-refractivity contribution in [3.05, 3.63) is 53.9 Å². The fraction of sp³-hybridized carbons (Fsp3) is 0.474. The lowest BCUT2D eigenvalue weighted by Gasteiger charge is -2.30. The molecule has 2 N–H and O–H groups in total. The van der Waals surface area contributed by atoms with Crippen molar-refractivity contribution in [3.63, 3.8) is 0 Å². The molecule has 136 valence electrons. The van der Waals surface area contributed by atoms with E-state index in [4.69, 9.17) is 0 Å². The van der Waals surface area contributed by atoms with Crippen molar-refractivity contribution in [1.82, 2.24) is 20.4 Å². The first-order chi connectivity index (χ1) is 11.7. The minimum absolute atomic E-state index is 0. The molecule has 1 heterocycles. The van der Waals surface area contributed by atoms with E-state index < -0.39 is 0 Å². The molecule has 5 nitrogen and oxygen atoms in total. The minimum atomic E-state index is 0. The lowest BCUT2D eigenvalue weighted by atomic mass is 9.79. The number of hydrogen-bond acceptors (Lipinski definition) is 2. The van der Waals surface area contributed by atoms with Crippen LogP contribution in [0.1, 0.15) is 36.9 Å². The van der Waals surface area contributed by atoms with Crippen molar-refractivity contribution in [1.29, 1.82) is 0 Å². The van der Waals surface area contributed by atoms with Gasteiger partial charge in [0.2, 0.25) is 0 Å². The van der Waals surface area contributed by atoms with E-state index in [0.717, 1.165) is 18.2 Å². The van der Waals surface area contributed by atoms with Crippen LogP contribution in [0, 0.1) is 0 Å². The Balaban J connectivity index is 0.00000225. The number of aromatic nitrogens is 2. The van der Waals surface area contributed by atoms with E-state index in [9.17, 15) is 0 Å². The van der Waals surface area contributed by atoms with Crippen LogP contribution in [0.3, 0.4) is 0 Å².